The van der Waals surface area contributed by atoms with Crippen molar-refractivity contribution in [1.82, 2.24) is 0 Å². The van der Waals surface area contributed by atoms with Crippen LogP contribution in [0.2, 0.25) is 0 Å². The summed E-state index contributed by atoms with van der Waals surface area (Å²) in [4.78, 5) is 22.5. The predicted molar refractivity (Wildman–Crippen MR) is 93.0 cm³/mol. The van der Waals surface area contributed by atoms with Crippen molar-refractivity contribution in [3.63, 3.8) is 0 Å². The van der Waals surface area contributed by atoms with Gasteiger partial charge in [-0.05, 0) is 68.5 Å². The van der Waals surface area contributed by atoms with Crippen molar-refractivity contribution in [3.8, 4) is 5.75 Å². The standard InChI is InChI=1S/C17H22BrNO5/c1-17(2,3)24-16(20)11-4-6-12(7-5-11)23-13-8-9-15(19(21)22)14(18)10-13/h8-12H,4-7H2,1-3H3. The molecule has 0 heterocycles. The maximum absolute atomic E-state index is 12.1. The van der Waals surface area contributed by atoms with Crippen molar-refractivity contribution in [2.45, 2.75) is 58.2 Å². The fraction of sp³-hybridized carbons (Fsp3) is 0.588. The van der Waals surface area contributed by atoms with Gasteiger partial charge in [-0.15, -0.1) is 0 Å². The molecule has 0 spiro atoms. The van der Waals surface area contributed by atoms with Crippen molar-refractivity contribution >= 4 is 27.6 Å². The lowest BCUT2D eigenvalue weighted by molar-refractivity contribution is -0.385. The van der Waals surface area contributed by atoms with Crippen LogP contribution in [0.1, 0.15) is 46.5 Å². The van der Waals surface area contributed by atoms with E-state index in [0.29, 0.717) is 10.2 Å². The Morgan fingerprint density at radius 3 is 2.38 bits per heavy atom. The lowest BCUT2D eigenvalue weighted by atomic mass is 9.87. The van der Waals surface area contributed by atoms with Gasteiger partial charge < -0.3 is 9.47 Å². The van der Waals surface area contributed by atoms with Gasteiger partial charge in [0.1, 0.15) is 11.4 Å². The molecular formula is C17H22BrNO5. The van der Waals surface area contributed by atoms with Gasteiger partial charge in [-0.3, -0.25) is 14.9 Å². The second-order valence-electron chi connectivity index (χ2n) is 7.00. The Balaban J connectivity index is 1.88. The zero-order valence-electron chi connectivity index (χ0n) is 14.1. The van der Waals surface area contributed by atoms with E-state index in [2.05, 4.69) is 15.9 Å². The minimum absolute atomic E-state index is 0.0102. The molecule has 6 nitrogen and oxygen atoms in total. The van der Waals surface area contributed by atoms with Crippen LogP contribution in [0.4, 0.5) is 5.69 Å². The van der Waals surface area contributed by atoms with Gasteiger partial charge >= 0.3 is 5.97 Å². The van der Waals surface area contributed by atoms with Crippen molar-refractivity contribution in [2.75, 3.05) is 0 Å². The van der Waals surface area contributed by atoms with Crippen LogP contribution < -0.4 is 4.74 Å². The monoisotopic (exact) mass is 399 g/mol. The quantitative estimate of drug-likeness (QED) is 0.418. The first-order chi connectivity index (χ1) is 11.2. The maximum atomic E-state index is 12.1. The SMILES string of the molecule is CC(C)(C)OC(=O)C1CCC(Oc2ccc([N+](=O)[O-])c(Br)c2)CC1. The highest BCUT2D eigenvalue weighted by atomic mass is 79.9. The average molecular weight is 400 g/mol. The minimum atomic E-state index is -0.463. The van der Waals surface area contributed by atoms with E-state index in [4.69, 9.17) is 9.47 Å². The molecule has 0 N–H and O–H groups in total. The fourth-order valence-corrected chi connectivity index (χ4v) is 3.21. The molecule has 1 aromatic carbocycles. The number of nitrogens with zero attached hydrogens (tertiary/aromatic N) is 1. The number of esters is 1. The Bertz CT molecular complexity index is 618. The molecule has 7 heteroatoms. The van der Waals surface area contributed by atoms with Gasteiger partial charge in [0.15, 0.2) is 0 Å². The average Bonchev–Trinajstić information content (AvgIpc) is 2.45. The van der Waals surface area contributed by atoms with Crippen molar-refractivity contribution in [3.05, 3.63) is 32.8 Å². The number of ether oxygens (including phenoxy) is 2. The van der Waals surface area contributed by atoms with Crippen LogP contribution in [0, 0.1) is 16.0 Å². The first-order valence-electron chi connectivity index (χ1n) is 7.99. The summed E-state index contributed by atoms with van der Waals surface area (Å²) < 4.78 is 11.7. The van der Waals surface area contributed by atoms with Crippen LogP contribution in [-0.4, -0.2) is 22.6 Å². The summed E-state index contributed by atoms with van der Waals surface area (Å²) in [5.74, 6) is 0.375. The molecule has 0 saturated heterocycles. The second kappa shape index (κ2) is 7.51. The highest BCUT2D eigenvalue weighted by Gasteiger charge is 2.30. The molecular weight excluding hydrogens is 378 g/mol. The largest absolute Gasteiger partial charge is 0.490 e. The lowest BCUT2D eigenvalue weighted by Crippen LogP contribution is -2.33. The molecule has 1 saturated carbocycles. The van der Waals surface area contributed by atoms with Gasteiger partial charge in [-0.2, -0.15) is 0 Å². The van der Waals surface area contributed by atoms with E-state index in [1.54, 1.807) is 12.1 Å². The molecule has 0 amide bonds. The summed E-state index contributed by atoms with van der Waals surface area (Å²) in [6.45, 7) is 5.60. The minimum Gasteiger partial charge on any atom is -0.490 e. The second-order valence-corrected chi connectivity index (χ2v) is 7.85. The zero-order chi connectivity index (χ0) is 17.9. The van der Waals surface area contributed by atoms with Crippen LogP contribution in [-0.2, 0) is 9.53 Å². The highest BCUT2D eigenvalue weighted by Crippen LogP contribution is 2.33. The van der Waals surface area contributed by atoms with Crippen LogP contribution in [0.3, 0.4) is 0 Å². The third-order valence-electron chi connectivity index (χ3n) is 3.83. The van der Waals surface area contributed by atoms with E-state index in [0.717, 1.165) is 25.7 Å². The van der Waals surface area contributed by atoms with Crippen LogP contribution >= 0.6 is 15.9 Å². The summed E-state index contributed by atoms with van der Waals surface area (Å²) in [6.07, 6.45) is 3.00. The third kappa shape index (κ3) is 5.19. The molecule has 1 aromatic rings. The molecule has 2 rings (SSSR count). The number of halogens is 1. The molecule has 0 aromatic heterocycles. The van der Waals surface area contributed by atoms with Crippen LogP contribution in [0.15, 0.2) is 22.7 Å². The number of nitro groups is 1. The first-order valence-corrected chi connectivity index (χ1v) is 8.78. The number of benzene rings is 1. The van der Waals surface area contributed by atoms with E-state index in [9.17, 15) is 14.9 Å². The Hall–Kier alpha value is -1.63. The van der Waals surface area contributed by atoms with Crippen LogP contribution in [0.25, 0.3) is 0 Å². The molecule has 0 atom stereocenters. The molecule has 1 aliphatic carbocycles. The Morgan fingerprint density at radius 2 is 1.88 bits per heavy atom. The number of nitro benzene ring substituents is 1. The topological polar surface area (TPSA) is 78.7 Å². The van der Waals surface area contributed by atoms with Gasteiger partial charge in [-0.25, -0.2) is 0 Å². The normalized spacial score (nSPS) is 21.2. The molecule has 24 heavy (non-hydrogen) atoms. The van der Waals surface area contributed by atoms with E-state index < -0.39 is 10.5 Å². The van der Waals surface area contributed by atoms with Gasteiger partial charge in [0.25, 0.3) is 5.69 Å². The molecule has 0 bridgehead atoms. The molecule has 0 unspecified atom stereocenters. The predicted octanol–water partition coefficient (Wildman–Crippen LogP) is 4.64. The number of hydrogen-bond acceptors (Lipinski definition) is 5. The van der Waals surface area contributed by atoms with Crippen molar-refractivity contribution in [2.24, 2.45) is 5.92 Å². The zero-order valence-corrected chi connectivity index (χ0v) is 15.7. The van der Waals surface area contributed by atoms with Crippen LogP contribution in [0.5, 0.6) is 5.75 Å². The summed E-state index contributed by atoms with van der Waals surface area (Å²) >= 11 is 3.19. The summed E-state index contributed by atoms with van der Waals surface area (Å²) in [6, 6.07) is 4.63. The maximum Gasteiger partial charge on any atom is 0.309 e. The van der Waals surface area contributed by atoms with Gasteiger partial charge in [0.05, 0.1) is 21.4 Å². The van der Waals surface area contributed by atoms with Gasteiger partial charge in [-0.1, -0.05) is 0 Å². The van der Waals surface area contributed by atoms with Crippen molar-refractivity contribution < 1.29 is 19.2 Å². The number of rotatable bonds is 4. The van der Waals surface area contributed by atoms with E-state index in [1.807, 2.05) is 20.8 Å². The number of hydrogen-bond donors (Lipinski definition) is 0. The molecule has 0 aliphatic heterocycles. The van der Waals surface area contributed by atoms with E-state index in [-0.39, 0.29) is 23.7 Å². The number of carbonyl (C=O) groups is 1. The summed E-state index contributed by atoms with van der Waals surface area (Å²) in [5.41, 5.74) is -0.453. The van der Waals surface area contributed by atoms with Crippen molar-refractivity contribution in [1.29, 1.82) is 0 Å². The van der Waals surface area contributed by atoms with Gasteiger partial charge in [0.2, 0.25) is 0 Å². The fourth-order valence-electron chi connectivity index (χ4n) is 2.70. The summed E-state index contributed by atoms with van der Waals surface area (Å²) in [7, 11) is 0. The Kier molecular flexibility index (Phi) is 5.85. The Labute approximate surface area is 149 Å². The Morgan fingerprint density at radius 1 is 1.25 bits per heavy atom. The number of carbonyl (C=O) groups excluding carboxylic acids is 1. The summed E-state index contributed by atoms with van der Waals surface area (Å²) in [5, 5.41) is 10.8. The lowest BCUT2D eigenvalue weighted by Gasteiger charge is -2.30. The first kappa shape index (κ1) is 18.7. The van der Waals surface area contributed by atoms with E-state index >= 15 is 0 Å². The van der Waals surface area contributed by atoms with E-state index in [1.165, 1.54) is 6.07 Å². The van der Waals surface area contributed by atoms with Gasteiger partial charge in [0, 0.05) is 12.1 Å². The molecule has 1 fully saturated rings. The smallest absolute Gasteiger partial charge is 0.309 e. The molecule has 132 valence electrons. The molecule has 0 radical (unpaired) electrons. The highest BCUT2D eigenvalue weighted by molar-refractivity contribution is 9.10. The molecule has 1 aliphatic rings. The third-order valence-corrected chi connectivity index (χ3v) is 4.47.